The molecule has 2 atom stereocenters. The first-order chi connectivity index (χ1) is 10.6. The summed E-state index contributed by atoms with van der Waals surface area (Å²) in [6, 6.07) is 17.6. The number of hydrogen-bond donors (Lipinski definition) is 1. The number of nitrogens with one attached hydrogen (secondary N) is 1. The van der Waals surface area contributed by atoms with E-state index in [0.717, 1.165) is 5.56 Å². The van der Waals surface area contributed by atoms with E-state index in [2.05, 4.69) is 5.32 Å². The smallest absolute Gasteiger partial charge is 0.328 e. The van der Waals surface area contributed by atoms with E-state index in [1.54, 1.807) is 24.3 Å². The van der Waals surface area contributed by atoms with Gasteiger partial charge in [-0.05, 0) is 17.7 Å². The van der Waals surface area contributed by atoms with E-state index in [1.807, 2.05) is 43.3 Å². The fraction of sp³-hybridized carbons (Fsp3) is 0.222. The van der Waals surface area contributed by atoms with E-state index < -0.39 is 12.0 Å². The van der Waals surface area contributed by atoms with Crippen molar-refractivity contribution in [2.75, 3.05) is 7.11 Å². The molecule has 2 aromatic rings. The Morgan fingerprint density at radius 1 is 0.955 bits per heavy atom. The summed E-state index contributed by atoms with van der Waals surface area (Å²) < 4.78 is 4.84. The Morgan fingerprint density at radius 3 is 2.05 bits per heavy atom. The lowest BCUT2D eigenvalue weighted by Crippen LogP contribution is -2.44. The molecule has 0 aliphatic carbocycles. The average molecular weight is 297 g/mol. The van der Waals surface area contributed by atoms with Crippen LogP contribution in [0.3, 0.4) is 0 Å². The van der Waals surface area contributed by atoms with E-state index in [1.165, 1.54) is 7.11 Å². The fourth-order valence-electron chi connectivity index (χ4n) is 2.28. The maximum atomic E-state index is 12.3. The first-order valence-corrected chi connectivity index (χ1v) is 7.12. The van der Waals surface area contributed by atoms with Crippen LogP contribution in [0.4, 0.5) is 0 Å². The number of amides is 1. The van der Waals surface area contributed by atoms with Crippen LogP contribution in [0.5, 0.6) is 0 Å². The summed E-state index contributed by atoms with van der Waals surface area (Å²) in [6.07, 6.45) is 0. The second-order valence-electron chi connectivity index (χ2n) is 5.04. The van der Waals surface area contributed by atoms with Gasteiger partial charge in [0.1, 0.15) is 6.04 Å². The van der Waals surface area contributed by atoms with Crippen molar-refractivity contribution in [1.29, 1.82) is 0 Å². The summed E-state index contributed by atoms with van der Waals surface area (Å²) >= 11 is 0. The highest BCUT2D eigenvalue weighted by molar-refractivity contribution is 5.97. The van der Waals surface area contributed by atoms with Crippen LogP contribution < -0.4 is 5.32 Å². The zero-order valence-corrected chi connectivity index (χ0v) is 12.7. The zero-order valence-electron chi connectivity index (χ0n) is 12.7. The number of carbonyl (C=O) groups excluding carboxylic acids is 2. The molecule has 1 N–H and O–H groups in total. The van der Waals surface area contributed by atoms with E-state index in [9.17, 15) is 9.59 Å². The van der Waals surface area contributed by atoms with Crippen LogP contribution in [0.25, 0.3) is 0 Å². The van der Waals surface area contributed by atoms with Gasteiger partial charge in [-0.3, -0.25) is 4.79 Å². The van der Waals surface area contributed by atoms with Gasteiger partial charge in [0.2, 0.25) is 0 Å². The molecule has 4 nitrogen and oxygen atoms in total. The predicted octanol–water partition coefficient (Wildman–Crippen LogP) is 2.76. The van der Waals surface area contributed by atoms with Crippen molar-refractivity contribution in [2.24, 2.45) is 0 Å². The molecule has 0 heterocycles. The van der Waals surface area contributed by atoms with E-state index in [4.69, 9.17) is 4.74 Å². The Hall–Kier alpha value is -2.62. The largest absolute Gasteiger partial charge is 0.467 e. The molecule has 0 aliphatic rings. The van der Waals surface area contributed by atoms with Gasteiger partial charge in [-0.1, -0.05) is 55.5 Å². The molecule has 0 fully saturated rings. The second kappa shape index (κ2) is 7.41. The van der Waals surface area contributed by atoms with E-state index in [0.29, 0.717) is 5.56 Å². The molecule has 1 amide bonds. The highest BCUT2D eigenvalue weighted by Crippen LogP contribution is 2.20. The number of rotatable bonds is 5. The minimum atomic E-state index is -0.736. The zero-order chi connectivity index (χ0) is 15.9. The lowest BCUT2D eigenvalue weighted by atomic mass is 9.93. The lowest BCUT2D eigenvalue weighted by Gasteiger charge is -2.23. The van der Waals surface area contributed by atoms with Crippen LogP contribution in [0.1, 0.15) is 28.8 Å². The van der Waals surface area contributed by atoms with Gasteiger partial charge in [-0.15, -0.1) is 0 Å². The minimum Gasteiger partial charge on any atom is -0.467 e. The predicted molar refractivity (Wildman–Crippen MR) is 84.6 cm³/mol. The van der Waals surface area contributed by atoms with Crippen LogP contribution in [-0.4, -0.2) is 25.0 Å². The Balaban J connectivity index is 2.20. The van der Waals surface area contributed by atoms with Crippen LogP contribution >= 0.6 is 0 Å². The van der Waals surface area contributed by atoms with Crippen LogP contribution in [-0.2, 0) is 9.53 Å². The molecule has 2 rings (SSSR count). The molecule has 4 heteroatoms. The molecule has 0 aromatic heterocycles. The monoisotopic (exact) mass is 297 g/mol. The topological polar surface area (TPSA) is 55.4 Å². The van der Waals surface area contributed by atoms with Gasteiger partial charge in [0.05, 0.1) is 7.11 Å². The third-order valence-electron chi connectivity index (χ3n) is 3.60. The van der Waals surface area contributed by atoms with Crippen molar-refractivity contribution in [3.8, 4) is 0 Å². The molecule has 0 saturated heterocycles. The lowest BCUT2D eigenvalue weighted by molar-refractivity contribution is -0.143. The normalized spacial score (nSPS) is 13.0. The number of benzene rings is 2. The summed E-state index contributed by atoms with van der Waals surface area (Å²) in [6.45, 7) is 1.89. The quantitative estimate of drug-likeness (QED) is 0.863. The van der Waals surface area contributed by atoms with E-state index >= 15 is 0 Å². The van der Waals surface area contributed by atoms with Gasteiger partial charge in [0.15, 0.2) is 0 Å². The third-order valence-corrected chi connectivity index (χ3v) is 3.60. The van der Waals surface area contributed by atoms with Gasteiger partial charge in [-0.25, -0.2) is 4.79 Å². The van der Waals surface area contributed by atoms with Crippen LogP contribution in [0, 0.1) is 0 Å². The maximum Gasteiger partial charge on any atom is 0.328 e. The molecule has 2 unspecified atom stereocenters. The highest BCUT2D eigenvalue weighted by Gasteiger charge is 2.29. The van der Waals surface area contributed by atoms with Gasteiger partial charge >= 0.3 is 5.97 Å². The molecule has 22 heavy (non-hydrogen) atoms. The SMILES string of the molecule is COC(=O)C(NC(=O)c1ccccc1)C(C)c1ccccc1. The van der Waals surface area contributed by atoms with Crippen molar-refractivity contribution in [3.05, 3.63) is 71.8 Å². The Labute approximate surface area is 130 Å². The molecule has 0 radical (unpaired) electrons. The third kappa shape index (κ3) is 3.73. The van der Waals surface area contributed by atoms with Crippen molar-refractivity contribution >= 4 is 11.9 Å². The second-order valence-corrected chi connectivity index (χ2v) is 5.04. The van der Waals surface area contributed by atoms with Crippen LogP contribution in [0.15, 0.2) is 60.7 Å². The Morgan fingerprint density at radius 2 is 1.50 bits per heavy atom. The van der Waals surface area contributed by atoms with Crippen molar-refractivity contribution in [2.45, 2.75) is 18.9 Å². The van der Waals surface area contributed by atoms with Gasteiger partial charge in [0.25, 0.3) is 5.91 Å². The number of hydrogen-bond acceptors (Lipinski definition) is 3. The summed E-state index contributed by atoms with van der Waals surface area (Å²) in [5.41, 5.74) is 1.47. The first-order valence-electron chi connectivity index (χ1n) is 7.12. The fourth-order valence-corrected chi connectivity index (χ4v) is 2.28. The van der Waals surface area contributed by atoms with Crippen molar-refractivity contribution in [3.63, 3.8) is 0 Å². The summed E-state index contributed by atoms with van der Waals surface area (Å²) in [4.78, 5) is 24.3. The molecule has 2 aromatic carbocycles. The summed E-state index contributed by atoms with van der Waals surface area (Å²) in [5, 5.41) is 2.77. The molecule has 0 saturated carbocycles. The van der Waals surface area contributed by atoms with Gasteiger partial charge in [-0.2, -0.15) is 0 Å². The molecule has 0 bridgehead atoms. The summed E-state index contributed by atoms with van der Waals surface area (Å²) in [5.74, 6) is -0.944. The first kappa shape index (κ1) is 15.8. The number of ether oxygens (including phenoxy) is 1. The van der Waals surface area contributed by atoms with Crippen molar-refractivity contribution in [1.82, 2.24) is 5.32 Å². The number of esters is 1. The Kier molecular flexibility index (Phi) is 5.31. The minimum absolute atomic E-state index is 0.193. The molecule has 114 valence electrons. The molecular formula is C18H19NO3. The van der Waals surface area contributed by atoms with Gasteiger partial charge < -0.3 is 10.1 Å². The average Bonchev–Trinajstić information content (AvgIpc) is 2.59. The molecule has 0 spiro atoms. The van der Waals surface area contributed by atoms with Gasteiger partial charge in [0, 0.05) is 11.5 Å². The van der Waals surface area contributed by atoms with Crippen molar-refractivity contribution < 1.29 is 14.3 Å². The van der Waals surface area contributed by atoms with Crippen LogP contribution in [0.2, 0.25) is 0 Å². The Bertz CT molecular complexity index is 625. The molecule has 0 aliphatic heterocycles. The standard InChI is InChI=1S/C18H19NO3/c1-13(14-9-5-3-6-10-14)16(18(21)22-2)19-17(20)15-11-7-4-8-12-15/h3-13,16H,1-2H3,(H,19,20). The van der Waals surface area contributed by atoms with E-state index in [-0.39, 0.29) is 11.8 Å². The highest BCUT2D eigenvalue weighted by atomic mass is 16.5. The maximum absolute atomic E-state index is 12.3. The number of methoxy groups -OCH3 is 1. The molecular weight excluding hydrogens is 278 g/mol. The number of carbonyl (C=O) groups is 2. The summed E-state index contributed by atoms with van der Waals surface area (Å²) in [7, 11) is 1.32.